The third-order valence-corrected chi connectivity index (χ3v) is 3.80. The van der Waals surface area contributed by atoms with E-state index in [1.165, 1.54) is 12.1 Å². The largest absolute Gasteiger partial charge is 0.351 e. The Kier molecular flexibility index (Phi) is 4.53. The van der Waals surface area contributed by atoms with Gasteiger partial charge in [0.1, 0.15) is 5.82 Å². The van der Waals surface area contributed by atoms with Gasteiger partial charge in [0, 0.05) is 12.1 Å². The molecule has 1 aromatic carbocycles. The molecule has 0 aliphatic carbocycles. The van der Waals surface area contributed by atoms with Gasteiger partial charge in [-0.1, -0.05) is 19.1 Å². The third-order valence-electron chi connectivity index (χ3n) is 3.80. The van der Waals surface area contributed by atoms with Crippen LogP contribution >= 0.6 is 0 Å². The summed E-state index contributed by atoms with van der Waals surface area (Å²) in [6.07, 6.45) is 1.29. The van der Waals surface area contributed by atoms with Gasteiger partial charge in [-0.25, -0.2) is 4.39 Å². The standard InChI is InChI=1S/C15H21FN2O/c1-10-6-7-17-11(2)15(10)18-14(19)9-12-4-3-5-13(16)8-12/h3-5,8,10-11,15,17H,6-7,9H2,1-2H3,(H,18,19). The molecule has 1 aliphatic heterocycles. The van der Waals surface area contributed by atoms with Crippen molar-refractivity contribution in [2.24, 2.45) is 5.92 Å². The first-order chi connectivity index (χ1) is 9.06. The van der Waals surface area contributed by atoms with E-state index >= 15 is 0 Å². The zero-order chi connectivity index (χ0) is 13.8. The van der Waals surface area contributed by atoms with E-state index in [9.17, 15) is 9.18 Å². The maximum Gasteiger partial charge on any atom is 0.224 e. The molecule has 0 saturated carbocycles. The second-order valence-corrected chi connectivity index (χ2v) is 5.41. The van der Waals surface area contributed by atoms with Crippen LogP contribution in [0.15, 0.2) is 24.3 Å². The molecule has 1 heterocycles. The van der Waals surface area contributed by atoms with E-state index in [0.29, 0.717) is 11.5 Å². The van der Waals surface area contributed by atoms with Gasteiger partial charge in [-0.3, -0.25) is 4.79 Å². The molecule has 4 heteroatoms. The lowest BCUT2D eigenvalue weighted by Crippen LogP contribution is -2.56. The van der Waals surface area contributed by atoms with Gasteiger partial charge in [-0.15, -0.1) is 0 Å². The SMILES string of the molecule is CC1CCNC(C)C1NC(=O)Cc1cccc(F)c1. The molecule has 0 spiro atoms. The summed E-state index contributed by atoms with van der Waals surface area (Å²) in [6.45, 7) is 5.24. The molecular weight excluding hydrogens is 243 g/mol. The normalized spacial score (nSPS) is 27.0. The Morgan fingerprint density at radius 2 is 2.26 bits per heavy atom. The fourth-order valence-corrected chi connectivity index (χ4v) is 2.67. The van der Waals surface area contributed by atoms with Crippen LogP contribution in [0.25, 0.3) is 0 Å². The minimum Gasteiger partial charge on any atom is -0.351 e. The summed E-state index contributed by atoms with van der Waals surface area (Å²) in [5.74, 6) is 0.122. The van der Waals surface area contributed by atoms with Crippen molar-refractivity contribution in [1.82, 2.24) is 10.6 Å². The predicted molar refractivity (Wildman–Crippen MR) is 73.3 cm³/mol. The summed E-state index contributed by atoms with van der Waals surface area (Å²) in [5.41, 5.74) is 0.710. The molecule has 1 saturated heterocycles. The first kappa shape index (κ1) is 14.0. The Morgan fingerprint density at radius 3 is 2.95 bits per heavy atom. The quantitative estimate of drug-likeness (QED) is 0.875. The minimum absolute atomic E-state index is 0.0435. The summed E-state index contributed by atoms with van der Waals surface area (Å²) < 4.78 is 13.1. The van der Waals surface area contributed by atoms with Crippen LogP contribution < -0.4 is 10.6 Å². The highest BCUT2D eigenvalue weighted by molar-refractivity contribution is 5.79. The monoisotopic (exact) mass is 264 g/mol. The highest BCUT2D eigenvalue weighted by Crippen LogP contribution is 2.16. The maximum atomic E-state index is 13.1. The number of carbonyl (C=O) groups is 1. The van der Waals surface area contributed by atoms with Crippen LogP contribution in [0.5, 0.6) is 0 Å². The first-order valence-electron chi connectivity index (χ1n) is 6.83. The molecule has 2 N–H and O–H groups in total. The second kappa shape index (κ2) is 6.15. The van der Waals surface area contributed by atoms with Crippen LogP contribution in [0.4, 0.5) is 4.39 Å². The molecule has 0 radical (unpaired) electrons. The average molecular weight is 264 g/mol. The predicted octanol–water partition coefficient (Wildman–Crippen LogP) is 1.87. The minimum atomic E-state index is -0.300. The number of halogens is 1. The lowest BCUT2D eigenvalue weighted by molar-refractivity contribution is -0.121. The van der Waals surface area contributed by atoms with E-state index in [2.05, 4.69) is 24.5 Å². The van der Waals surface area contributed by atoms with Crippen LogP contribution in [0.1, 0.15) is 25.8 Å². The van der Waals surface area contributed by atoms with E-state index < -0.39 is 0 Å². The second-order valence-electron chi connectivity index (χ2n) is 5.41. The van der Waals surface area contributed by atoms with Crippen molar-refractivity contribution in [2.75, 3.05) is 6.54 Å². The molecule has 2 rings (SSSR count). The van der Waals surface area contributed by atoms with E-state index in [-0.39, 0.29) is 30.2 Å². The van der Waals surface area contributed by atoms with Gasteiger partial charge in [0.25, 0.3) is 0 Å². The van der Waals surface area contributed by atoms with Crippen LogP contribution in [0.2, 0.25) is 0 Å². The molecule has 1 fully saturated rings. The number of amides is 1. The van der Waals surface area contributed by atoms with Gasteiger partial charge in [-0.05, 0) is 43.5 Å². The molecule has 0 bridgehead atoms. The van der Waals surface area contributed by atoms with Crippen molar-refractivity contribution < 1.29 is 9.18 Å². The molecule has 3 nitrogen and oxygen atoms in total. The van der Waals surface area contributed by atoms with Crippen LogP contribution in [-0.4, -0.2) is 24.5 Å². The lowest BCUT2D eigenvalue weighted by atomic mass is 9.89. The molecule has 104 valence electrons. The first-order valence-corrected chi connectivity index (χ1v) is 6.83. The molecule has 0 aromatic heterocycles. The zero-order valence-corrected chi connectivity index (χ0v) is 11.4. The number of piperidine rings is 1. The van der Waals surface area contributed by atoms with Gasteiger partial charge in [0.2, 0.25) is 5.91 Å². The van der Waals surface area contributed by atoms with E-state index in [1.807, 2.05) is 0 Å². The Bertz CT molecular complexity index is 440. The molecule has 1 aromatic rings. The number of carbonyl (C=O) groups excluding carboxylic acids is 1. The summed E-state index contributed by atoms with van der Waals surface area (Å²) in [7, 11) is 0. The molecule has 1 aliphatic rings. The van der Waals surface area contributed by atoms with E-state index in [4.69, 9.17) is 0 Å². The smallest absolute Gasteiger partial charge is 0.224 e. The van der Waals surface area contributed by atoms with Gasteiger partial charge < -0.3 is 10.6 Å². The van der Waals surface area contributed by atoms with Crippen molar-refractivity contribution in [1.29, 1.82) is 0 Å². The fourth-order valence-electron chi connectivity index (χ4n) is 2.67. The molecular formula is C15H21FN2O. The average Bonchev–Trinajstić information content (AvgIpc) is 2.34. The number of hydrogen-bond donors (Lipinski definition) is 2. The van der Waals surface area contributed by atoms with Crippen molar-refractivity contribution in [3.8, 4) is 0 Å². The van der Waals surface area contributed by atoms with Crippen LogP contribution in [0.3, 0.4) is 0 Å². The van der Waals surface area contributed by atoms with Crippen molar-refractivity contribution in [3.63, 3.8) is 0 Å². The topological polar surface area (TPSA) is 41.1 Å². The van der Waals surface area contributed by atoms with Gasteiger partial charge in [0.05, 0.1) is 6.42 Å². The number of nitrogens with one attached hydrogen (secondary N) is 2. The number of rotatable bonds is 3. The summed E-state index contributed by atoms with van der Waals surface area (Å²) in [4.78, 5) is 12.0. The number of hydrogen-bond acceptors (Lipinski definition) is 2. The van der Waals surface area contributed by atoms with Crippen LogP contribution in [0, 0.1) is 11.7 Å². The summed E-state index contributed by atoms with van der Waals surface area (Å²) >= 11 is 0. The molecule has 1 amide bonds. The van der Waals surface area contributed by atoms with E-state index in [0.717, 1.165) is 13.0 Å². The zero-order valence-electron chi connectivity index (χ0n) is 11.4. The highest BCUT2D eigenvalue weighted by atomic mass is 19.1. The van der Waals surface area contributed by atoms with E-state index in [1.54, 1.807) is 12.1 Å². The van der Waals surface area contributed by atoms with Crippen molar-refractivity contribution in [2.45, 2.75) is 38.8 Å². The molecule has 3 atom stereocenters. The fraction of sp³-hybridized carbons (Fsp3) is 0.533. The Labute approximate surface area is 113 Å². The van der Waals surface area contributed by atoms with Gasteiger partial charge in [0.15, 0.2) is 0 Å². The molecule has 3 unspecified atom stereocenters. The Balaban J connectivity index is 1.93. The Hall–Kier alpha value is -1.42. The number of benzene rings is 1. The highest BCUT2D eigenvalue weighted by Gasteiger charge is 2.28. The van der Waals surface area contributed by atoms with Crippen molar-refractivity contribution >= 4 is 5.91 Å². The maximum absolute atomic E-state index is 13.1. The van der Waals surface area contributed by atoms with Crippen molar-refractivity contribution in [3.05, 3.63) is 35.6 Å². The summed E-state index contributed by atoms with van der Waals surface area (Å²) in [5, 5.41) is 6.43. The third kappa shape index (κ3) is 3.77. The molecule has 19 heavy (non-hydrogen) atoms. The van der Waals surface area contributed by atoms with Gasteiger partial charge >= 0.3 is 0 Å². The van der Waals surface area contributed by atoms with Crippen LogP contribution in [-0.2, 0) is 11.2 Å². The van der Waals surface area contributed by atoms with Gasteiger partial charge in [-0.2, -0.15) is 0 Å². The lowest BCUT2D eigenvalue weighted by Gasteiger charge is -2.36. The summed E-state index contributed by atoms with van der Waals surface area (Å²) in [6, 6.07) is 6.62. The Morgan fingerprint density at radius 1 is 1.47 bits per heavy atom.